The van der Waals surface area contributed by atoms with Gasteiger partial charge in [0.2, 0.25) is 17.2 Å². The van der Waals surface area contributed by atoms with Crippen LogP contribution in [0.5, 0.6) is 0 Å². The largest absolute Gasteiger partial charge is 0.357 e. The monoisotopic (exact) mass is 241 g/mol. The molecule has 0 radical (unpaired) electrons. The van der Waals surface area contributed by atoms with Crippen molar-refractivity contribution in [1.82, 2.24) is 15.0 Å². The fraction of sp³-hybridized carbons (Fsp3) is 0.700. The van der Waals surface area contributed by atoms with Crippen molar-refractivity contribution in [2.24, 2.45) is 0 Å². The molecule has 2 rings (SSSR count). The van der Waals surface area contributed by atoms with E-state index in [1.54, 1.807) is 7.05 Å². The zero-order valence-corrected chi connectivity index (χ0v) is 10.3. The van der Waals surface area contributed by atoms with Crippen LogP contribution in [0.15, 0.2) is 0 Å². The topological polar surface area (TPSA) is 53.9 Å². The second-order valence-corrected chi connectivity index (χ2v) is 4.21. The molecular formula is C10H16ClN5. The van der Waals surface area contributed by atoms with Gasteiger partial charge in [0.1, 0.15) is 0 Å². The minimum atomic E-state index is 0.246. The van der Waals surface area contributed by atoms with Gasteiger partial charge in [-0.05, 0) is 30.9 Å². The maximum Gasteiger partial charge on any atom is 0.231 e. The summed E-state index contributed by atoms with van der Waals surface area (Å²) in [6, 6.07) is 0.531. The van der Waals surface area contributed by atoms with Crippen LogP contribution in [-0.2, 0) is 0 Å². The lowest BCUT2D eigenvalue weighted by Gasteiger charge is -2.23. The summed E-state index contributed by atoms with van der Waals surface area (Å²) < 4.78 is 0. The molecule has 0 spiro atoms. The molecule has 1 aliphatic rings. The average Bonchev–Trinajstić information content (AvgIpc) is 2.76. The van der Waals surface area contributed by atoms with E-state index in [-0.39, 0.29) is 5.28 Å². The minimum Gasteiger partial charge on any atom is -0.357 e. The van der Waals surface area contributed by atoms with Crippen LogP contribution < -0.4 is 10.2 Å². The van der Waals surface area contributed by atoms with Gasteiger partial charge in [0.15, 0.2) is 0 Å². The van der Waals surface area contributed by atoms with E-state index in [2.05, 4.69) is 32.1 Å². The first-order valence-electron chi connectivity index (χ1n) is 5.60. The highest BCUT2D eigenvalue weighted by Gasteiger charge is 2.25. The Morgan fingerprint density at radius 2 is 2.25 bits per heavy atom. The quantitative estimate of drug-likeness (QED) is 0.877. The summed E-state index contributed by atoms with van der Waals surface area (Å²) in [7, 11) is 1.77. The van der Waals surface area contributed by atoms with Crippen molar-refractivity contribution >= 4 is 23.5 Å². The van der Waals surface area contributed by atoms with E-state index in [1.165, 1.54) is 12.8 Å². The summed E-state index contributed by atoms with van der Waals surface area (Å²) in [5, 5.41) is 3.14. The van der Waals surface area contributed by atoms with Gasteiger partial charge >= 0.3 is 0 Å². The fourth-order valence-corrected chi connectivity index (χ4v) is 2.26. The van der Waals surface area contributed by atoms with E-state index in [9.17, 15) is 0 Å². The molecule has 88 valence electrons. The van der Waals surface area contributed by atoms with Crippen molar-refractivity contribution in [1.29, 1.82) is 0 Å². The molecule has 0 aliphatic carbocycles. The van der Waals surface area contributed by atoms with E-state index < -0.39 is 0 Å². The molecule has 1 aromatic rings. The van der Waals surface area contributed by atoms with E-state index in [0.29, 0.717) is 17.9 Å². The van der Waals surface area contributed by atoms with Crippen LogP contribution in [-0.4, -0.2) is 34.6 Å². The molecule has 0 bridgehead atoms. The van der Waals surface area contributed by atoms with Crippen molar-refractivity contribution in [2.75, 3.05) is 23.8 Å². The van der Waals surface area contributed by atoms with Gasteiger partial charge in [-0.3, -0.25) is 0 Å². The number of rotatable bonds is 3. The van der Waals surface area contributed by atoms with Crippen LogP contribution >= 0.6 is 11.6 Å². The van der Waals surface area contributed by atoms with Gasteiger partial charge in [-0.1, -0.05) is 6.92 Å². The Kier molecular flexibility index (Phi) is 3.43. The molecule has 6 heteroatoms. The highest BCUT2D eigenvalue weighted by molar-refractivity contribution is 6.28. The highest BCUT2D eigenvalue weighted by atomic mass is 35.5. The Morgan fingerprint density at radius 3 is 2.94 bits per heavy atom. The second kappa shape index (κ2) is 4.82. The molecule has 1 aliphatic heterocycles. The van der Waals surface area contributed by atoms with E-state index in [0.717, 1.165) is 13.0 Å². The van der Waals surface area contributed by atoms with Gasteiger partial charge in [-0.25, -0.2) is 0 Å². The number of aromatic nitrogens is 3. The summed E-state index contributed by atoms with van der Waals surface area (Å²) >= 11 is 5.87. The van der Waals surface area contributed by atoms with Gasteiger partial charge in [-0.15, -0.1) is 0 Å². The normalized spacial score (nSPS) is 20.2. The van der Waals surface area contributed by atoms with Crippen molar-refractivity contribution in [2.45, 2.75) is 32.2 Å². The molecule has 1 N–H and O–H groups in total. The Morgan fingerprint density at radius 1 is 1.44 bits per heavy atom. The summed E-state index contributed by atoms with van der Waals surface area (Å²) in [6.45, 7) is 3.19. The summed E-state index contributed by atoms with van der Waals surface area (Å²) in [6.07, 6.45) is 3.50. The van der Waals surface area contributed by atoms with Crippen LogP contribution in [0.1, 0.15) is 26.2 Å². The third-order valence-corrected chi connectivity index (χ3v) is 3.09. The van der Waals surface area contributed by atoms with Gasteiger partial charge in [0, 0.05) is 19.6 Å². The Labute approximate surface area is 100 Å². The Hall–Kier alpha value is -1.10. The molecule has 0 amide bonds. The molecule has 1 unspecified atom stereocenters. The molecule has 1 aromatic heterocycles. The van der Waals surface area contributed by atoms with Gasteiger partial charge < -0.3 is 10.2 Å². The van der Waals surface area contributed by atoms with Crippen molar-refractivity contribution in [3.63, 3.8) is 0 Å². The van der Waals surface area contributed by atoms with Crippen LogP contribution in [0, 0.1) is 0 Å². The molecule has 1 fully saturated rings. The third kappa shape index (κ3) is 2.19. The van der Waals surface area contributed by atoms with Crippen LogP contribution in [0.2, 0.25) is 5.28 Å². The van der Waals surface area contributed by atoms with Crippen LogP contribution in [0.4, 0.5) is 11.9 Å². The summed E-state index contributed by atoms with van der Waals surface area (Å²) in [5.41, 5.74) is 0. The molecular weight excluding hydrogens is 226 g/mol. The number of anilines is 2. The molecule has 2 heterocycles. The molecule has 1 saturated heterocycles. The summed E-state index contributed by atoms with van der Waals surface area (Å²) in [4.78, 5) is 14.7. The predicted octanol–water partition coefficient (Wildman–Crippen LogP) is 1.95. The molecule has 0 aromatic carbocycles. The van der Waals surface area contributed by atoms with E-state index >= 15 is 0 Å². The van der Waals surface area contributed by atoms with E-state index in [4.69, 9.17) is 11.6 Å². The minimum absolute atomic E-state index is 0.246. The second-order valence-electron chi connectivity index (χ2n) is 3.88. The molecule has 0 saturated carbocycles. The number of nitrogens with one attached hydrogen (secondary N) is 1. The average molecular weight is 242 g/mol. The summed E-state index contributed by atoms with van der Waals surface area (Å²) in [5.74, 6) is 1.21. The van der Waals surface area contributed by atoms with Crippen LogP contribution in [0.3, 0.4) is 0 Å². The maximum atomic E-state index is 5.87. The zero-order valence-electron chi connectivity index (χ0n) is 9.57. The fourth-order valence-electron chi connectivity index (χ4n) is 2.10. The predicted molar refractivity (Wildman–Crippen MR) is 65.0 cm³/mol. The first-order chi connectivity index (χ1) is 7.74. The number of halogens is 1. The first-order valence-corrected chi connectivity index (χ1v) is 5.98. The maximum absolute atomic E-state index is 5.87. The lowest BCUT2D eigenvalue weighted by molar-refractivity contribution is 0.633. The van der Waals surface area contributed by atoms with Crippen molar-refractivity contribution < 1.29 is 0 Å². The van der Waals surface area contributed by atoms with Gasteiger partial charge in [0.25, 0.3) is 0 Å². The number of hydrogen-bond acceptors (Lipinski definition) is 5. The third-order valence-electron chi connectivity index (χ3n) is 2.93. The van der Waals surface area contributed by atoms with Crippen LogP contribution in [0.25, 0.3) is 0 Å². The van der Waals surface area contributed by atoms with Crippen molar-refractivity contribution in [3.8, 4) is 0 Å². The van der Waals surface area contributed by atoms with Gasteiger partial charge in [0.05, 0.1) is 0 Å². The number of hydrogen-bond donors (Lipinski definition) is 1. The smallest absolute Gasteiger partial charge is 0.231 e. The first kappa shape index (κ1) is 11.4. The highest BCUT2D eigenvalue weighted by Crippen LogP contribution is 2.25. The van der Waals surface area contributed by atoms with Gasteiger partial charge in [-0.2, -0.15) is 15.0 Å². The molecule has 5 nitrogen and oxygen atoms in total. The Balaban J connectivity index is 2.28. The Bertz CT molecular complexity index is 370. The standard InChI is InChI=1S/C10H16ClN5/c1-3-7-5-4-6-16(7)10-14-8(11)13-9(12-2)15-10/h7H,3-6H2,1-2H3,(H,12,13,14,15). The molecule has 16 heavy (non-hydrogen) atoms. The lowest BCUT2D eigenvalue weighted by Crippen LogP contribution is -2.30. The van der Waals surface area contributed by atoms with Crippen molar-refractivity contribution in [3.05, 3.63) is 5.28 Å². The SMILES string of the molecule is CCC1CCCN1c1nc(Cl)nc(NC)n1. The van der Waals surface area contributed by atoms with E-state index in [1.807, 2.05) is 0 Å². The zero-order chi connectivity index (χ0) is 11.5. The molecule has 1 atom stereocenters. The number of nitrogens with zero attached hydrogens (tertiary/aromatic N) is 4. The lowest BCUT2D eigenvalue weighted by atomic mass is 10.2.